The van der Waals surface area contributed by atoms with Gasteiger partial charge >= 0.3 is 5.97 Å². The van der Waals surface area contributed by atoms with Crippen LogP contribution in [0.1, 0.15) is 29.6 Å². The van der Waals surface area contributed by atoms with Crippen molar-refractivity contribution < 1.29 is 19.6 Å². The number of benzene rings is 1. The minimum Gasteiger partial charge on any atom is -0.477 e. The van der Waals surface area contributed by atoms with Gasteiger partial charge in [-0.15, -0.1) is 0 Å². The SMILES string of the molecule is O=C(O)c1ccc(NCCCOCC2CC2)cc1[N+](=O)[O-]. The first-order chi connectivity index (χ1) is 10.1. The Morgan fingerprint density at radius 3 is 2.86 bits per heavy atom. The monoisotopic (exact) mass is 294 g/mol. The third-order valence-corrected chi connectivity index (χ3v) is 3.27. The van der Waals surface area contributed by atoms with Gasteiger partial charge in [0.15, 0.2) is 0 Å². The lowest BCUT2D eigenvalue weighted by Gasteiger charge is -2.07. The summed E-state index contributed by atoms with van der Waals surface area (Å²) in [5.74, 6) is -0.564. The van der Waals surface area contributed by atoms with Crippen LogP contribution < -0.4 is 5.32 Å². The van der Waals surface area contributed by atoms with Gasteiger partial charge in [0.2, 0.25) is 0 Å². The van der Waals surface area contributed by atoms with Crippen LogP contribution in [0, 0.1) is 16.0 Å². The Labute approximate surface area is 122 Å². The summed E-state index contributed by atoms with van der Waals surface area (Å²) in [7, 11) is 0. The van der Waals surface area contributed by atoms with Crippen LogP contribution >= 0.6 is 0 Å². The summed E-state index contributed by atoms with van der Waals surface area (Å²) in [6.07, 6.45) is 3.32. The average Bonchev–Trinajstić information content (AvgIpc) is 3.26. The molecule has 0 spiro atoms. The van der Waals surface area contributed by atoms with E-state index in [1.807, 2.05) is 0 Å². The number of nitrogens with zero attached hydrogens (tertiary/aromatic N) is 1. The minimum atomic E-state index is -1.30. The van der Waals surface area contributed by atoms with Crippen molar-refractivity contribution in [2.45, 2.75) is 19.3 Å². The Morgan fingerprint density at radius 2 is 2.24 bits per heavy atom. The van der Waals surface area contributed by atoms with Crippen molar-refractivity contribution in [2.24, 2.45) is 5.92 Å². The van der Waals surface area contributed by atoms with E-state index in [2.05, 4.69) is 5.32 Å². The van der Waals surface area contributed by atoms with Crippen LogP contribution in [0.3, 0.4) is 0 Å². The Morgan fingerprint density at radius 1 is 1.48 bits per heavy atom. The lowest BCUT2D eigenvalue weighted by atomic mass is 10.1. The summed E-state index contributed by atoms with van der Waals surface area (Å²) in [5.41, 5.74) is -0.176. The molecule has 0 atom stereocenters. The lowest BCUT2D eigenvalue weighted by Crippen LogP contribution is -2.08. The van der Waals surface area contributed by atoms with Crippen LogP contribution in [0.4, 0.5) is 11.4 Å². The number of anilines is 1. The second-order valence-corrected chi connectivity index (χ2v) is 5.09. The molecule has 1 aromatic rings. The molecule has 0 bridgehead atoms. The highest BCUT2D eigenvalue weighted by Crippen LogP contribution is 2.28. The molecule has 7 nitrogen and oxygen atoms in total. The number of aromatic carboxylic acids is 1. The van der Waals surface area contributed by atoms with Gasteiger partial charge < -0.3 is 15.2 Å². The van der Waals surface area contributed by atoms with E-state index in [1.54, 1.807) is 0 Å². The molecule has 0 saturated heterocycles. The predicted octanol–water partition coefficient (Wildman–Crippen LogP) is 2.52. The van der Waals surface area contributed by atoms with Crippen LogP contribution in [0.2, 0.25) is 0 Å². The molecule has 2 rings (SSSR count). The minimum absolute atomic E-state index is 0.307. The zero-order chi connectivity index (χ0) is 15.2. The van der Waals surface area contributed by atoms with Gasteiger partial charge in [-0.3, -0.25) is 10.1 Å². The van der Waals surface area contributed by atoms with Crippen molar-refractivity contribution >= 4 is 17.3 Å². The van der Waals surface area contributed by atoms with E-state index in [4.69, 9.17) is 9.84 Å². The fourth-order valence-electron chi connectivity index (χ4n) is 1.91. The van der Waals surface area contributed by atoms with Gasteiger partial charge in [0.1, 0.15) is 5.56 Å². The summed E-state index contributed by atoms with van der Waals surface area (Å²) in [4.78, 5) is 21.1. The number of carboxylic acids is 1. The molecule has 0 amide bonds. The van der Waals surface area contributed by atoms with Crippen molar-refractivity contribution in [3.05, 3.63) is 33.9 Å². The Balaban J connectivity index is 1.80. The summed E-state index contributed by atoms with van der Waals surface area (Å²) in [6.45, 7) is 2.09. The maximum absolute atomic E-state index is 10.9. The summed E-state index contributed by atoms with van der Waals surface area (Å²) >= 11 is 0. The number of nitrogens with one attached hydrogen (secondary N) is 1. The van der Waals surface area contributed by atoms with E-state index < -0.39 is 16.6 Å². The predicted molar refractivity (Wildman–Crippen MR) is 76.7 cm³/mol. The normalized spacial score (nSPS) is 13.9. The zero-order valence-electron chi connectivity index (χ0n) is 11.6. The van der Waals surface area contributed by atoms with Gasteiger partial charge in [-0.2, -0.15) is 0 Å². The molecule has 0 heterocycles. The smallest absolute Gasteiger partial charge is 0.342 e. The van der Waals surface area contributed by atoms with Crippen molar-refractivity contribution in [3.63, 3.8) is 0 Å². The van der Waals surface area contributed by atoms with Gasteiger partial charge in [-0.25, -0.2) is 4.79 Å². The molecule has 1 fully saturated rings. The van der Waals surface area contributed by atoms with Crippen molar-refractivity contribution in [1.29, 1.82) is 0 Å². The molecule has 7 heteroatoms. The molecule has 0 unspecified atom stereocenters. The zero-order valence-corrected chi connectivity index (χ0v) is 11.6. The molecule has 1 aliphatic carbocycles. The van der Waals surface area contributed by atoms with E-state index in [0.29, 0.717) is 18.8 Å². The van der Waals surface area contributed by atoms with E-state index in [-0.39, 0.29) is 5.56 Å². The first-order valence-corrected chi connectivity index (χ1v) is 6.91. The number of carbonyl (C=O) groups is 1. The molecule has 1 aromatic carbocycles. The van der Waals surface area contributed by atoms with E-state index >= 15 is 0 Å². The molecule has 114 valence electrons. The maximum atomic E-state index is 10.9. The standard InChI is InChI=1S/C14H18N2O5/c17-14(18)12-5-4-11(8-13(12)16(19)20)15-6-1-7-21-9-10-2-3-10/h4-5,8,10,15H,1-3,6-7,9H2,(H,17,18). The topological polar surface area (TPSA) is 102 Å². The Hall–Kier alpha value is -2.15. The van der Waals surface area contributed by atoms with Crippen LogP contribution in [-0.2, 0) is 4.74 Å². The first kappa shape index (κ1) is 15.2. The van der Waals surface area contributed by atoms with Crippen molar-refractivity contribution in [3.8, 4) is 0 Å². The number of hydrogen-bond donors (Lipinski definition) is 2. The number of hydrogen-bond acceptors (Lipinski definition) is 5. The summed E-state index contributed by atoms with van der Waals surface area (Å²) in [6, 6.07) is 4.02. The number of ether oxygens (including phenoxy) is 1. The molecular weight excluding hydrogens is 276 g/mol. The highest BCUT2D eigenvalue weighted by Gasteiger charge is 2.21. The molecule has 0 aromatic heterocycles. The molecular formula is C14H18N2O5. The second-order valence-electron chi connectivity index (χ2n) is 5.09. The molecule has 1 saturated carbocycles. The van der Waals surface area contributed by atoms with E-state index in [1.165, 1.54) is 31.0 Å². The van der Waals surface area contributed by atoms with Gasteiger partial charge in [-0.05, 0) is 37.3 Å². The van der Waals surface area contributed by atoms with E-state index in [9.17, 15) is 14.9 Å². The van der Waals surface area contributed by atoms with Crippen molar-refractivity contribution in [2.75, 3.05) is 25.1 Å². The largest absolute Gasteiger partial charge is 0.477 e. The number of nitro groups is 1. The highest BCUT2D eigenvalue weighted by molar-refractivity contribution is 5.93. The fourth-order valence-corrected chi connectivity index (χ4v) is 1.91. The summed E-state index contributed by atoms with van der Waals surface area (Å²) < 4.78 is 5.48. The molecule has 0 radical (unpaired) electrons. The quantitative estimate of drug-likeness (QED) is 0.412. The lowest BCUT2D eigenvalue weighted by molar-refractivity contribution is -0.385. The van der Waals surface area contributed by atoms with Gasteiger partial charge in [0.05, 0.1) is 4.92 Å². The van der Waals surface area contributed by atoms with Crippen LogP contribution in [0.25, 0.3) is 0 Å². The van der Waals surface area contributed by atoms with Crippen LogP contribution in [-0.4, -0.2) is 35.8 Å². The average molecular weight is 294 g/mol. The molecule has 2 N–H and O–H groups in total. The van der Waals surface area contributed by atoms with Gasteiger partial charge in [0.25, 0.3) is 5.69 Å². The van der Waals surface area contributed by atoms with Gasteiger partial charge in [0, 0.05) is 31.5 Å². The van der Waals surface area contributed by atoms with E-state index in [0.717, 1.165) is 18.9 Å². The van der Waals surface area contributed by atoms with Crippen LogP contribution in [0.15, 0.2) is 18.2 Å². The second kappa shape index (κ2) is 7.03. The molecule has 0 aliphatic heterocycles. The highest BCUT2D eigenvalue weighted by atomic mass is 16.6. The molecule has 21 heavy (non-hydrogen) atoms. The third kappa shape index (κ3) is 4.71. The van der Waals surface area contributed by atoms with Gasteiger partial charge in [-0.1, -0.05) is 0 Å². The number of nitro benzene ring substituents is 1. The number of carboxylic acid groups (broad SMARTS) is 1. The number of rotatable bonds is 9. The summed E-state index contributed by atoms with van der Waals surface area (Å²) in [5, 5.41) is 22.8. The maximum Gasteiger partial charge on any atom is 0.342 e. The van der Waals surface area contributed by atoms with Crippen molar-refractivity contribution in [1.82, 2.24) is 0 Å². The third-order valence-electron chi connectivity index (χ3n) is 3.27. The molecule has 1 aliphatic rings. The Bertz CT molecular complexity index is 528. The fraction of sp³-hybridized carbons (Fsp3) is 0.500. The first-order valence-electron chi connectivity index (χ1n) is 6.91. The Kier molecular flexibility index (Phi) is 5.10. The van der Waals surface area contributed by atoms with Crippen LogP contribution in [0.5, 0.6) is 0 Å².